The summed E-state index contributed by atoms with van der Waals surface area (Å²) < 4.78 is 9.31. The van der Waals surface area contributed by atoms with Crippen molar-refractivity contribution in [3.63, 3.8) is 0 Å². The molecule has 2 unspecified atom stereocenters. The number of nitrogens with one attached hydrogen (secondary N) is 1. The first-order valence-corrected chi connectivity index (χ1v) is 13.1. The van der Waals surface area contributed by atoms with Gasteiger partial charge in [0.25, 0.3) is 0 Å². The van der Waals surface area contributed by atoms with Crippen molar-refractivity contribution in [1.82, 2.24) is 0 Å². The zero-order valence-electron chi connectivity index (χ0n) is 19.8. The summed E-state index contributed by atoms with van der Waals surface area (Å²) in [5.74, 6) is -0.504. The third-order valence-corrected chi connectivity index (χ3v) is 7.94. The Morgan fingerprint density at radius 3 is 2.27 bits per heavy atom. The van der Waals surface area contributed by atoms with Crippen molar-refractivity contribution in [2.75, 3.05) is 19.5 Å². The molecule has 0 saturated heterocycles. The second-order valence-electron chi connectivity index (χ2n) is 8.62. The lowest BCUT2D eigenvalue weighted by Crippen LogP contribution is -2.17. The number of anilines is 1. The van der Waals surface area contributed by atoms with Gasteiger partial charge in [0, 0.05) is 39.7 Å². The predicted octanol–water partition coefficient (Wildman–Crippen LogP) is 8.01. The third-order valence-electron chi connectivity index (χ3n) is 6.23. The molecule has 5 nitrogen and oxygen atoms in total. The fourth-order valence-corrected chi connectivity index (χ4v) is 5.89. The molecule has 0 radical (unpaired) electrons. The molecule has 1 fully saturated rings. The minimum absolute atomic E-state index is 0.180. The summed E-state index contributed by atoms with van der Waals surface area (Å²) in [6, 6.07) is 15.1. The fourth-order valence-electron chi connectivity index (χ4n) is 4.30. The molecule has 3 aromatic rings. The summed E-state index contributed by atoms with van der Waals surface area (Å²) in [5, 5.41) is 3.93. The second kappa shape index (κ2) is 11.3. The van der Waals surface area contributed by atoms with E-state index in [1.807, 2.05) is 12.1 Å². The van der Waals surface area contributed by atoms with Crippen molar-refractivity contribution >= 4 is 75.4 Å². The van der Waals surface area contributed by atoms with Crippen LogP contribution in [0.2, 0.25) is 15.1 Å². The lowest BCUT2D eigenvalue weighted by molar-refractivity contribution is -0.117. The van der Waals surface area contributed by atoms with Gasteiger partial charge < -0.3 is 14.8 Å². The maximum absolute atomic E-state index is 13.1. The van der Waals surface area contributed by atoms with Crippen molar-refractivity contribution in [3.05, 3.63) is 86.4 Å². The van der Waals surface area contributed by atoms with Crippen molar-refractivity contribution < 1.29 is 19.1 Å². The lowest BCUT2D eigenvalue weighted by atomic mass is 10.0. The fraction of sp³-hybridized carbons (Fsp3) is 0.259. The average molecular weight is 602 g/mol. The Bertz CT molecular complexity index is 1340. The number of ether oxygens (including phenoxy) is 2. The molecule has 1 aliphatic carbocycles. The molecule has 3 aromatic carbocycles. The van der Waals surface area contributed by atoms with E-state index in [1.165, 1.54) is 0 Å². The second-order valence-corrected chi connectivity index (χ2v) is 11.3. The van der Waals surface area contributed by atoms with Crippen LogP contribution in [0.1, 0.15) is 33.8 Å². The number of aryl methyl sites for hydroxylation is 1. The van der Waals surface area contributed by atoms with Crippen molar-refractivity contribution in [2.45, 2.75) is 23.1 Å². The first-order chi connectivity index (χ1) is 17.5. The lowest BCUT2D eigenvalue weighted by Gasteiger charge is -2.11. The molecule has 1 N–H and O–H groups in total. The SMILES string of the molecule is COc1ccc(CCC(=O)c2cc(NC(=O)C3C(c4cc(Cl)cc(Cl)c4)C3(Cl)Cl)ccc2Cl)c(OC)c1. The summed E-state index contributed by atoms with van der Waals surface area (Å²) in [6.45, 7) is 0. The maximum Gasteiger partial charge on any atom is 0.231 e. The molecule has 1 saturated carbocycles. The van der Waals surface area contributed by atoms with Crippen LogP contribution in [0.25, 0.3) is 0 Å². The zero-order chi connectivity index (χ0) is 26.9. The van der Waals surface area contributed by atoms with Gasteiger partial charge >= 0.3 is 0 Å². The van der Waals surface area contributed by atoms with E-state index in [9.17, 15) is 9.59 Å². The summed E-state index contributed by atoms with van der Waals surface area (Å²) >= 11 is 31.4. The van der Waals surface area contributed by atoms with Gasteiger partial charge in [-0.05, 0) is 60.0 Å². The van der Waals surface area contributed by atoms with E-state index in [1.54, 1.807) is 56.7 Å². The molecular formula is C27H22Cl5NO4. The summed E-state index contributed by atoms with van der Waals surface area (Å²) in [7, 11) is 3.13. The van der Waals surface area contributed by atoms with Crippen LogP contribution in [0, 0.1) is 5.92 Å². The summed E-state index contributed by atoms with van der Waals surface area (Å²) in [5.41, 5.74) is 2.23. The van der Waals surface area contributed by atoms with Crippen LogP contribution >= 0.6 is 58.0 Å². The van der Waals surface area contributed by atoms with Gasteiger partial charge in [-0.2, -0.15) is 0 Å². The highest BCUT2D eigenvalue weighted by molar-refractivity contribution is 6.53. The molecule has 194 valence electrons. The minimum atomic E-state index is -1.32. The first-order valence-electron chi connectivity index (χ1n) is 11.2. The Labute approximate surface area is 239 Å². The number of rotatable bonds is 9. The number of ketones is 1. The molecule has 0 heterocycles. The van der Waals surface area contributed by atoms with E-state index in [0.29, 0.717) is 44.8 Å². The van der Waals surface area contributed by atoms with E-state index >= 15 is 0 Å². The highest BCUT2D eigenvalue weighted by Gasteiger charge is 2.67. The van der Waals surface area contributed by atoms with E-state index in [2.05, 4.69) is 5.32 Å². The van der Waals surface area contributed by atoms with E-state index in [4.69, 9.17) is 67.5 Å². The van der Waals surface area contributed by atoms with Gasteiger partial charge in [-0.15, -0.1) is 23.2 Å². The number of alkyl halides is 2. The predicted molar refractivity (Wildman–Crippen MR) is 149 cm³/mol. The zero-order valence-corrected chi connectivity index (χ0v) is 23.6. The Hall–Kier alpha value is -2.15. The van der Waals surface area contributed by atoms with Gasteiger partial charge in [-0.1, -0.05) is 40.9 Å². The number of benzene rings is 3. The van der Waals surface area contributed by atoms with Crippen molar-refractivity contribution in [1.29, 1.82) is 0 Å². The smallest absolute Gasteiger partial charge is 0.231 e. The molecular weight excluding hydrogens is 580 g/mol. The number of Topliss-reactive ketones (excluding diaryl/α,β-unsaturated/α-hetero) is 1. The molecule has 1 aliphatic rings. The number of hydrogen-bond donors (Lipinski definition) is 1. The summed E-state index contributed by atoms with van der Waals surface area (Å²) in [6.07, 6.45) is 0.623. The van der Waals surface area contributed by atoms with Gasteiger partial charge in [-0.3, -0.25) is 9.59 Å². The van der Waals surface area contributed by atoms with Crippen LogP contribution in [-0.2, 0) is 11.2 Å². The molecule has 2 atom stereocenters. The largest absolute Gasteiger partial charge is 0.497 e. The molecule has 37 heavy (non-hydrogen) atoms. The number of methoxy groups -OCH3 is 2. The first kappa shape index (κ1) is 27.9. The highest BCUT2D eigenvalue weighted by Crippen LogP contribution is 2.65. The van der Waals surface area contributed by atoms with Crippen LogP contribution in [0.15, 0.2) is 54.6 Å². The van der Waals surface area contributed by atoms with Gasteiger partial charge in [0.15, 0.2) is 5.78 Å². The molecule has 4 rings (SSSR count). The van der Waals surface area contributed by atoms with Gasteiger partial charge in [-0.25, -0.2) is 0 Å². The normalized spacial score (nSPS) is 17.7. The Kier molecular flexibility index (Phi) is 8.51. The van der Waals surface area contributed by atoms with Crippen LogP contribution in [0.5, 0.6) is 11.5 Å². The Balaban J connectivity index is 1.46. The Morgan fingerprint density at radius 1 is 0.919 bits per heavy atom. The van der Waals surface area contributed by atoms with Crippen LogP contribution in [0.4, 0.5) is 5.69 Å². The van der Waals surface area contributed by atoms with Crippen LogP contribution < -0.4 is 14.8 Å². The van der Waals surface area contributed by atoms with E-state index in [-0.39, 0.29) is 17.2 Å². The topological polar surface area (TPSA) is 64.6 Å². The number of halogens is 5. The average Bonchev–Trinajstić information content (AvgIpc) is 3.44. The minimum Gasteiger partial charge on any atom is -0.497 e. The number of carbonyl (C=O) groups is 2. The van der Waals surface area contributed by atoms with E-state index < -0.39 is 22.1 Å². The van der Waals surface area contributed by atoms with E-state index in [0.717, 1.165) is 5.56 Å². The third kappa shape index (κ3) is 6.13. The van der Waals surface area contributed by atoms with Gasteiger partial charge in [0.2, 0.25) is 5.91 Å². The molecule has 0 bridgehead atoms. The van der Waals surface area contributed by atoms with Crippen LogP contribution in [-0.4, -0.2) is 30.2 Å². The Morgan fingerprint density at radius 2 is 1.62 bits per heavy atom. The number of amides is 1. The van der Waals surface area contributed by atoms with Gasteiger partial charge in [0.1, 0.15) is 15.8 Å². The standard InChI is InChI=1S/C27H22Cl5NO4/c1-36-19-6-3-14(23(13-19)37-2)4-8-22(34)20-12-18(5-7-21(20)30)33-26(35)25-24(27(25,31)32)15-9-16(28)11-17(29)10-15/h3,5-7,9-13,24-25H,4,8H2,1-2H3,(H,33,35). The quantitative estimate of drug-likeness (QED) is 0.199. The summed E-state index contributed by atoms with van der Waals surface area (Å²) in [4.78, 5) is 26.1. The van der Waals surface area contributed by atoms with Gasteiger partial charge in [0.05, 0.1) is 25.2 Å². The van der Waals surface area contributed by atoms with Crippen LogP contribution in [0.3, 0.4) is 0 Å². The molecule has 0 spiro atoms. The highest BCUT2D eigenvalue weighted by atomic mass is 35.5. The maximum atomic E-state index is 13.1. The van der Waals surface area contributed by atoms with Crippen molar-refractivity contribution in [2.24, 2.45) is 5.92 Å². The molecule has 10 heteroatoms. The monoisotopic (exact) mass is 599 g/mol. The molecule has 1 amide bonds. The molecule has 0 aromatic heterocycles. The number of carbonyl (C=O) groups excluding carboxylic acids is 2. The van der Waals surface area contributed by atoms with Crippen molar-refractivity contribution in [3.8, 4) is 11.5 Å². The molecule has 0 aliphatic heterocycles. The number of hydrogen-bond acceptors (Lipinski definition) is 4.